The first-order chi connectivity index (χ1) is 12.9. The predicted molar refractivity (Wildman–Crippen MR) is 98.6 cm³/mol. The minimum Gasteiger partial charge on any atom is -0.480 e. The number of nitro benzene ring substituents is 1. The number of nitrogens with zero attached hydrogens (tertiary/aromatic N) is 2. The van der Waals surface area contributed by atoms with E-state index in [2.05, 4.69) is 5.32 Å². The summed E-state index contributed by atoms with van der Waals surface area (Å²) in [5, 5.41) is 23.6. The summed E-state index contributed by atoms with van der Waals surface area (Å²) in [6, 6.07) is 13.4. The number of hydrogen-bond acceptors (Lipinski definition) is 5. The molecule has 1 fully saturated rings. The van der Waals surface area contributed by atoms with Crippen molar-refractivity contribution in [3.05, 3.63) is 69.8 Å². The number of nitro groups is 1. The van der Waals surface area contributed by atoms with Crippen LogP contribution in [-0.2, 0) is 11.3 Å². The molecule has 0 aromatic heterocycles. The van der Waals surface area contributed by atoms with Crippen molar-refractivity contribution >= 4 is 23.3 Å². The molecule has 8 heteroatoms. The minimum absolute atomic E-state index is 0.0835. The Balaban J connectivity index is 1.86. The summed E-state index contributed by atoms with van der Waals surface area (Å²) >= 11 is 0. The number of aliphatic carboxylic acids is 1. The maximum atomic E-state index is 12.8. The molecule has 1 amide bonds. The Kier molecular flexibility index (Phi) is 5.35. The summed E-state index contributed by atoms with van der Waals surface area (Å²) in [4.78, 5) is 36.0. The van der Waals surface area contributed by atoms with Crippen molar-refractivity contribution in [2.45, 2.75) is 25.4 Å². The molecule has 2 aromatic carbocycles. The van der Waals surface area contributed by atoms with E-state index in [1.165, 1.54) is 18.2 Å². The fourth-order valence-electron chi connectivity index (χ4n) is 2.73. The van der Waals surface area contributed by atoms with Crippen LogP contribution >= 0.6 is 0 Å². The van der Waals surface area contributed by atoms with Gasteiger partial charge in [0.05, 0.1) is 4.92 Å². The van der Waals surface area contributed by atoms with Gasteiger partial charge in [-0.1, -0.05) is 30.3 Å². The molecule has 0 aliphatic heterocycles. The van der Waals surface area contributed by atoms with Crippen molar-refractivity contribution in [2.75, 3.05) is 11.9 Å². The predicted octanol–water partition coefficient (Wildman–Crippen LogP) is 2.90. The molecule has 0 saturated heterocycles. The van der Waals surface area contributed by atoms with Crippen LogP contribution in [0, 0.1) is 10.1 Å². The molecule has 1 aliphatic rings. The van der Waals surface area contributed by atoms with Gasteiger partial charge in [0.25, 0.3) is 11.6 Å². The Morgan fingerprint density at radius 3 is 2.48 bits per heavy atom. The number of carbonyl (C=O) groups is 2. The molecule has 2 N–H and O–H groups in total. The van der Waals surface area contributed by atoms with Gasteiger partial charge in [0.15, 0.2) is 0 Å². The molecule has 27 heavy (non-hydrogen) atoms. The summed E-state index contributed by atoms with van der Waals surface area (Å²) in [7, 11) is 0. The first kappa shape index (κ1) is 18.4. The van der Waals surface area contributed by atoms with Gasteiger partial charge < -0.3 is 15.3 Å². The van der Waals surface area contributed by atoms with E-state index in [4.69, 9.17) is 5.11 Å². The number of carbonyl (C=O) groups excluding carboxylic acids is 1. The number of rotatable bonds is 8. The Morgan fingerprint density at radius 2 is 1.89 bits per heavy atom. The zero-order chi connectivity index (χ0) is 19.4. The first-order valence-electron chi connectivity index (χ1n) is 8.54. The maximum absolute atomic E-state index is 12.8. The van der Waals surface area contributed by atoms with Gasteiger partial charge in [-0.15, -0.1) is 0 Å². The van der Waals surface area contributed by atoms with Crippen molar-refractivity contribution in [3.63, 3.8) is 0 Å². The largest absolute Gasteiger partial charge is 0.480 e. The molecule has 3 rings (SSSR count). The van der Waals surface area contributed by atoms with Crippen molar-refractivity contribution in [1.82, 2.24) is 4.90 Å². The standard InChI is InChI=1S/C19H19N3O5/c23-18(24)12-21(11-13-4-2-1-3-5-13)19(25)14-6-9-16(20-15-7-8-15)17(10-14)22(26)27/h1-6,9-10,15,20H,7-8,11-12H2,(H,23,24). The quantitative estimate of drug-likeness (QED) is 0.546. The highest BCUT2D eigenvalue weighted by Crippen LogP contribution is 2.31. The van der Waals surface area contributed by atoms with Crippen molar-refractivity contribution in [2.24, 2.45) is 0 Å². The molecular formula is C19H19N3O5. The van der Waals surface area contributed by atoms with E-state index in [1.807, 2.05) is 6.07 Å². The van der Waals surface area contributed by atoms with Crippen molar-refractivity contribution in [3.8, 4) is 0 Å². The highest BCUT2D eigenvalue weighted by Gasteiger charge is 2.27. The molecule has 8 nitrogen and oxygen atoms in total. The van der Waals surface area contributed by atoms with Crippen LogP contribution in [0.3, 0.4) is 0 Å². The van der Waals surface area contributed by atoms with E-state index in [-0.39, 0.29) is 23.8 Å². The molecular weight excluding hydrogens is 350 g/mol. The van der Waals surface area contributed by atoms with Crippen LogP contribution in [0.1, 0.15) is 28.8 Å². The second-order valence-electron chi connectivity index (χ2n) is 6.45. The van der Waals surface area contributed by atoms with E-state index in [0.717, 1.165) is 23.3 Å². The van der Waals surface area contributed by atoms with Crippen LogP contribution in [0.4, 0.5) is 11.4 Å². The minimum atomic E-state index is -1.15. The SMILES string of the molecule is O=C(O)CN(Cc1ccccc1)C(=O)c1ccc(NC2CC2)c([N+](=O)[O-])c1. The Bertz CT molecular complexity index is 865. The van der Waals surface area contributed by atoms with Crippen LogP contribution in [0.25, 0.3) is 0 Å². The Morgan fingerprint density at radius 1 is 1.19 bits per heavy atom. The van der Waals surface area contributed by atoms with Gasteiger partial charge in [0.1, 0.15) is 12.2 Å². The smallest absolute Gasteiger partial charge is 0.323 e. The number of carboxylic acids is 1. The van der Waals surface area contributed by atoms with E-state index in [0.29, 0.717) is 5.69 Å². The molecule has 2 aromatic rings. The van der Waals surface area contributed by atoms with E-state index >= 15 is 0 Å². The number of nitrogens with one attached hydrogen (secondary N) is 1. The van der Waals surface area contributed by atoms with E-state index in [9.17, 15) is 19.7 Å². The van der Waals surface area contributed by atoms with Gasteiger partial charge in [-0.2, -0.15) is 0 Å². The summed E-state index contributed by atoms with van der Waals surface area (Å²) in [5.41, 5.74) is 1.03. The normalized spacial score (nSPS) is 13.0. The van der Waals surface area contributed by atoms with Gasteiger partial charge in [0, 0.05) is 24.2 Å². The second kappa shape index (κ2) is 7.86. The summed E-state index contributed by atoms with van der Waals surface area (Å²) in [6.07, 6.45) is 1.92. The van der Waals surface area contributed by atoms with Gasteiger partial charge in [-0.05, 0) is 30.5 Å². The van der Waals surface area contributed by atoms with E-state index < -0.39 is 23.3 Å². The highest BCUT2D eigenvalue weighted by atomic mass is 16.6. The molecule has 0 atom stereocenters. The topological polar surface area (TPSA) is 113 Å². The number of carboxylic acid groups (broad SMARTS) is 1. The zero-order valence-corrected chi connectivity index (χ0v) is 14.5. The lowest BCUT2D eigenvalue weighted by Gasteiger charge is -2.21. The van der Waals surface area contributed by atoms with E-state index in [1.54, 1.807) is 24.3 Å². The van der Waals surface area contributed by atoms with Gasteiger partial charge in [-0.25, -0.2) is 0 Å². The fraction of sp³-hybridized carbons (Fsp3) is 0.263. The third-order valence-electron chi connectivity index (χ3n) is 4.21. The highest BCUT2D eigenvalue weighted by molar-refractivity contribution is 5.97. The molecule has 140 valence electrons. The van der Waals surface area contributed by atoms with Gasteiger partial charge >= 0.3 is 5.97 Å². The monoisotopic (exact) mass is 369 g/mol. The average Bonchev–Trinajstić information content (AvgIpc) is 3.45. The van der Waals surface area contributed by atoms with Crippen LogP contribution in [0.15, 0.2) is 48.5 Å². The molecule has 1 saturated carbocycles. The fourth-order valence-corrected chi connectivity index (χ4v) is 2.73. The molecule has 0 radical (unpaired) electrons. The second-order valence-corrected chi connectivity index (χ2v) is 6.45. The first-order valence-corrected chi connectivity index (χ1v) is 8.54. The third-order valence-corrected chi connectivity index (χ3v) is 4.21. The summed E-state index contributed by atoms with van der Waals surface area (Å²) in [6.45, 7) is -0.397. The Hall–Kier alpha value is -3.42. The van der Waals surface area contributed by atoms with Crippen molar-refractivity contribution in [1.29, 1.82) is 0 Å². The van der Waals surface area contributed by atoms with Crippen LogP contribution in [0.5, 0.6) is 0 Å². The van der Waals surface area contributed by atoms with Crippen LogP contribution in [-0.4, -0.2) is 39.4 Å². The Labute approximate surface area is 155 Å². The number of anilines is 1. The third kappa shape index (κ3) is 4.81. The molecule has 1 aliphatic carbocycles. The van der Waals surface area contributed by atoms with Crippen molar-refractivity contribution < 1.29 is 19.6 Å². The lowest BCUT2D eigenvalue weighted by Crippen LogP contribution is -2.35. The summed E-state index contributed by atoms with van der Waals surface area (Å²) < 4.78 is 0. The van der Waals surface area contributed by atoms with Crippen LogP contribution < -0.4 is 5.32 Å². The molecule has 0 bridgehead atoms. The van der Waals surface area contributed by atoms with Crippen LogP contribution in [0.2, 0.25) is 0 Å². The lowest BCUT2D eigenvalue weighted by molar-refractivity contribution is -0.384. The number of benzene rings is 2. The zero-order valence-electron chi connectivity index (χ0n) is 14.5. The average molecular weight is 369 g/mol. The lowest BCUT2D eigenvalue weighted by atomic mass is 10.1. The number of hydrogen-bond donors (Lipinski definition) is 2. The van der Waals surface area contributed by atoms with Gasteiger partial charge in [-0.3, -0.25) is 19.7 Å². The maximum Gasteiger partial charge on any atom is 0.323 e. The number of amides is 1. The molecule has 0 spiro atoms. The summed E-state index contributed by atoms with van der Waals surface area (Å²) in [5.74, 6) is -1.72. The molecule has 0 unspecified atom stereocenters. The molecule has 0 heterocycles. The van der Waals surface area contributed by atoms with Gasteiger partial charge in [0.2, 0.25) is 0 Å².